The van der Waals surface area contributed by atoms with Crippen LogP contribution in [0.5, 0.6) is 0 Å². The molecule has 0 atom stereocenters. The molecule has 2 aromatic carbocycles. The second-order valence-corrected chi connectivity index (χ2v) is 6.73. The fourth-order valence-electron chi connectivity index (χ4n) is 4.43. The standard InChI is InChI=1S/C22H14BN3/c1-3-7-19-15(5-1)17-9-11-25-14-22(17)26-21-10-12-24-13-18(21)16-6-2-4-8-20(16)23(19)26/h1-14H. The Morgan fingerprint density at radius 3 is 2.04 bits per heavy atom. The van der Waals surface area contributed by atoms with Gasteiger partial charge in [0.2, 0.25) is 0 Å². The Labute approximate surface area is 152 Å². The van der Waals surface area contributed by atoms with E-state index in [2.05, 4.69) is 75.4 Å². The first-order valence-electron chi connectivity index (χ1n) is 8.79. The molecule has 6 rings (SSSR count). The molecule has 3 nitrogen and oxygen atoms in total. The highest BCUT2D eigenvalue weighted by molar-refractivity contribution is 6.92. The summed E-state index contributed by atoms with van der Waals surface area (Å²) in [5.74, 6) is 0. The molecule has 0 unspecified atom stereocenters. The van der Waals surface area contributed by atoms with Crippen LogP contribution in [0.4, 0.5) is 11.4 Å². The number of rotatable bonds is 0. The summed E-state index contributed by atoms with van der Waals surface area (Å²) in [6.07, 6.45) is 7.71. The maximum Gasteiger partial charge on any atom is 0.329 e. The van der Waals surface area contributed by atoms with E-state index in [1.54, 1.807) is 0 Å². The molecule has 4 heteroatoms. The minimum absolute atomic E-state index is 0.147. The summed E-state index contributed by atoms with van der Waals surface area (Å²) in [4.78, 5) is 11.2. The number of hydrogen-bond donors (Lipinski definition) is 0. The van der Waals surface area contributed by atoms with E-state index in [4.69, 9.17) is 0 Å². The fourth-order valence-corrected chi connectivity index (χ4v) is 4.43. The lowest BCUT2D eigenvalue weighted by Crippen LogP contribution is -2.59. The molecule has 0 spiro atoms. The molecule has 2 aliphatic heterocycles. The molecule has 0 aliphatic carbocycles. The van der Waals surface area contributed by atoms with Gasteiger partial charge in [0, 0.05) is 41.6 Å². The van der Waals surface area contributed by atoms with Gasteiger partial charge in [0.05, 0.1) is 5.69 Å². The van der Waals surface area contributed by atoms with E-state index in [0.717, 1.165) is 5.69 Å². The van der Waals surface area contributed by atoms with Crippen molar-refractivity contribution in [3.63, 3.8) is 0 Å². The number of hydrogen-bond acceptors (Lipinski definition) is 3. The Bertz CT molecular complexity index is 987. The topological polar surface area (TPSA) is 29.0 Å². The van der Waals surface area contributed by atoms with Crippen molar-refractivity contribution in [1.82, 2.24) is 9.97 Å². The van der Waals surface area contributed by atoms with Gasteiger partial charge in [0.15, 0.2) is 0 Å². The van der Waals surface area contributed by atoms with Crippen molar-refractivity contribution in [2.45, 2.75) is 0 Å². The zero-order valence-electron chi connectivity index (χ0n) is 14.0. The van der Waals surface area contributed by atoms with Gasteiger partial charge in [0.25, 0.3) is 0 Å². The predicted molar refractivity (Wildman–Crippen MR) is 107 cm³/mol. The van der Waals surface area contributed by atoms with Gasteiger partial charge >= 0.3 is 6.85 Å². The summed E-state index contributed by atoms with van der Waals surface area (Å²) < 4.78 is 0. The van der Waals surface area contributed by atoms with E-state index in [0.29, 0.717) is 0 Å². The Hall–Kier alpha value is -3.40. The molecule has 0 amide bonds. The lowest BCUT2D eigenvalue weighted by atomic mass is 9.43. The normalized spacial score (nSPS) is 13.2. The molecule has 0 N–H and O–H groups in total. The lowest BCUT2D eigenvalue weighted by molar-refractivity contribution is 1.24. The number of nitrogens with zero attached hydrogens (tertiary/aromatic N) is 3. The number of aromatic nitrogens is 2. The average Bonchev–Trinajstić information content (AvgIpc) is 2.73. The molecule has 4 aromatic rings. The number of anilines is 2. The maximum absolute atomic E-state index is 4.43. The van der Waals surface area contributed by atoms with Gasteiger partial charge in [-0.2, -0.15) is 0 Å². The van der Waals surface area contributed by atoms with Crippen molar-refractivity contribution < 1.29 is 0 Å². The highest BCUT2D eigenvalue weighted by atomic mass is 15.1. The molecular formula is C22H14BN3. The predicted octanol–water partition coefficient (Wildman–Crippen LogP) is 3.38. The molecule has 2 aromatic heterocycles. The summed E-state index contributed by atoms with van der Waals surface area (Å²) >= 11 is 0. The fraction of sp³-hybridized carbons (Fsp3) is 0. The third kappa shape index (κ3) is 1.68. The molecule has 0 radical (unpaired) electrons. The van der Waals surface area contributed by atoms with E-state index in [-0.39, 0.29) is 6.85 Å². The SMILES string of the molecule is c1ccc2c(c1)B1c3ccccc3-c3ccncc3N1c1ccncc1-2. The van der Waals surface area contributed by atoms with E-state index in [9.17, 15) is 0 Å². The van der Waals surface area contributed by atoms with E-state index >= 15 is 0 Å². The zero-order valence-corrected chi connectivity index (χ0v) is 14.0. The lowest BCUT2D eigenvalue weighted by Gasteiger charge is -2.42. The van der Waals surface area contributed by atoms with Gasteiger partial charge in [-0.1, -0.05) is 48.5 Å². The second kappa shape index (κ2) is 5.05. The molecule has 120 valence electrons. The van der Waals surface area contributed by atoms with Gasteiger partial charge in [0.1, 0.15) is 0 Å². The Morgan fingerprint density at radius 2 is 1.23 bits per heavy atom. The van der Waals surface area contributed by atoms with E-state index in [1.807, 2.05) is 24.8 Å². The minimum atomic E-state index is 0.147. The number of fused-ring (bicyclic) bond motifs is 11. The second-order valence-electron chi connectivity index (χ2n) is 6.73. The number of pyridine rings is 2. The van der Waals surface area contributed by atoms with Crippen LogP contribution in [0.25, 0.3) is 22.3 Å². The molecule has 0 saturated carbocycles. The Morgan fingerprint density at radius 1 is 0.577 bits per heavy atom. The van der Waals surface area contributed by atoms with Crippen molar-refractivity contribution >= 4 is 29.1 Å². The van der Waals surface area contributed by atoms with Crippen LogP contribution < -0.4 is 15.7 Å². The molecular weight excluding hydrogens is 317 g/mol. The van der Waals surface area contributed by atoms with Crippen LogP contribution in [0.2, 0.25) is 0 Å². The highest BCUT2D eigenvalue weighted by Gasteiger charge is 2.41. The van der Waals surface area contributed by atoms with E-state index < -0.39 is 0 Å². The summed E-state index contributed by atoms with van der Waals surface area (Å²) in [7, 11) is 0. The van der Waals surface area contributed by atoms with Gasteiger partial charge in [-0.15, -0.1) is 0 Å². The largest absolute Gasteiger partial charge is 0.375 e. The monoisotopic (exact) mass is 331 g/mol. The third-order valence-corrected chi connectivity index (χ3v) is 5.47. The summed E-state index contributed by atoms with van der Waals surface area (Å²) in [6, 6.07) is 21.6. The average molecular weight is 331 g/mol. The van der Waals surface area contributed by atoms with Crippen molar-refractivity contribution in [3.05, 3.63) is 85.5 Å². The highest BCUT2D eigenvalue weighted by Crippen LogP contribution is 2.44. The summed E-state index contributed by atoms with van der Waals surface area (Å²) in [5, 5.41) is 0. The van der Waals surface area contributed by atoms with Gasteiger partial charge in [-0.05, 0) is 34.2 Å². The first-order valence-corrected chi connectivity index (χ1v) is 8.79. The molecule has 2 aliphatic rings. The summed E-state index contributed by atoms with van der Waals surface area (Å²) in [6.45, 7) is 0.147. The Kier molecular flexibility index (Phi) is 2.69. The van der Waals surface area contributed by atoms with Crippen LogP contribution in [-0.4, -0.2) is 16.8 Å². The van der Waals surface area contributed by atoms with Crippen molar-refractivity contribution in [2.75, 3.05) is 4.81 Å². The summed E-state index contributed by atoms with van der Waals surface area (Å²) in [5.41, 5.74) is 9.95. The molecule has 0 bridgehead atoms. The van der Waals surface area contributed by atoms with Crippen LogP contribution in [0.3, 0.4) is 0 Å². The minimum Gasteiger partial charge on any atom is -0.375 e. The quantitative estimate of drug-likeness (QED) is 0.463. The molecule has 26 heavy (non-hydrogen) atoms. The zero-order chi connectivity index (χ0) is 17.1. The Balaban J connectivity index is 1.77. The van der Waals surface area contributed by atoms with Crippen molar-refractivity contribution in [3.8, 4) is 22.3 Å². The first-order chi connectivity index (χ1) is 12.9. The van der Waals surface area contributed by atoms with Crippen LogP contribution in [0.1, 0.15) is 0 Å². The maximum atomic E-state index is 4.43. The van der Waals surface area contributed by atoms with Crippen molar-refractivity contribution in [1.29, 1.82) is 0 Å². The smallest absolute Gasteiger partial charge is 0.329 e. The van der Waals surface area contributed by atoms with Crippen LogP contribution in [0, 0.1) is 0 Å². The van der Waals surface area contributed by atoms with E-state index in [1.165, 1.54) is 38.9 Å². The third-order valence-electron chi connectivity index (χ3n) is 5.47. The molecule has 0 fully saturated rings. The van der Waals surface area contributed by atoms with Crippen LogP contribution in [-0.2, 0) is 0 Å². The van der Waals surface area contributed by atoms with Gasteiger partial charge in [-0.3, -0.25) is 9.97 Å². The first kappa shape index (κ1) is 13.8. The van der Waals surface area contributed by atoms with Crippen molar-refractivity contribution in [2.24, 2.45) is 0 Å². The van der Waals surface area contributed by atoms with Crippen LogP contribution >= 0.6 is 0 Å². The molecule has 4 heterocycles. The number of benzene rings is 2. The van der Waals surface area contributed by atoms with Crippen LogP contribution in [0.15, 0.2) is 85.5 Å². The molecule has 0 saturated heterocycles. The van der Waals surface area contributed by atoms with Gasteiger partial charge < -0.3 is 4.81 Å². The van der Waals surface area contributed by atoms with Gasteiger partial charge in [-0.25, -0.2) is 0 Å².